The minimum Gasteiger partial charge on any atom is -0.504 e. The summed E-state index contributed by atoms with van der Waals surface area (Å²) in [6, 6.07) is 15.2. The highest BCUT2D eigenvalue weighted by atomic mass is 16.5. The molecule has 3 N–H and O–H groups in total. The van der Waals surface area contributed by atoms with Crippen molar-refractivity contribution in [1.82, 2.24) is 15.4 Å². The van der Waals surface area contributed by atoms with E-state index in [9.17, 15) is 14.7 Å². The summed E-state index contributed by atoms with van der Waals surface area (Å²) in [5, 5.41) is 13.6. The van der Waals surface area contributed by atoms with E-state index >= 15 is 0 Å². The number of benzene rings is 2. The van der Waals surface area contributed by atoms with Gasteiger partial charge in [0, 0.05) is 5.56 Å². The molecule has 1 amide bonds. The fraction of sp³-hybridized carbons (Fsp3) is 0.100. The number of nitrogens with one attached hydrogen (secondary N) is 2. The van der Waals surface area contributed by atoms with Crippen LogP contribution in [0.15, 0.2) is 64.5 Å². The Morgan fingerprint density at radius 2 is 2.04 bits per heavy atom. The number of hydrogen-bond donors (Lipinski definition) is 3. The predicted octanol–water partition coefficient (Wildman–Crippen LogP) is 2.31. The molecule has 0 aliphatic heterocycles. The Labute approximate surface area is 160 Å². The summed E-state index contributed by atoms with van der Waals surface area (Å²) in [6.45, 7) is 2.21. The van der Waals surface area contributed by atoms with E-state index in [1.165, 1.54) is 18.3 Å². The van der Waals surface area contributed by atoms with E-state index in [2.05, 4.69) is 20.5 Å². The molecule has 3 rings (SSSR count). The number of aromatic hydroxyl groups is 1. The van der Waals surface area contributed by atoms with Gasteiger partial charge >= 0.3 is 5.69 Å². The van der Waals surface area contributed by atoms with Gasteiger partial charge < -0.3 is 14.8 Å². The lowest BCUT2D eigenvalue weighted by molar-refractivity contribution is 0.0949. The van der Waals surface area contributed by atoms with Crippen LogP contribution in [0.2, 0.25) is 0 Å². The molecule has 3 aromatic rings. The topological polar surface area (TPSA) is 117 Å². The molecule has 0 aliphatic carbocycles. The second-order valence-corrected chi connectivity index (χ2v) is 5.71. The van der Waals surface area contributed by atoms with Crippen molar-refractivity contribution in [3.05, 3.63) is 76.3 Å². The number of H-pyrrole nitrogens is 1. The van der Waals surface area contributed by atoms with E-state index in [-0.39, 0.29) is 11.4 Å². The number of phenolic OH excluding ortho intramolecular Hbond substituents is 1. The highest BCUT2D eigenvalue weighted by molar-refractivity contribution is 5.94. The molecule has 0 aliphatic rings. The fourth-order valence-corrected chi connectivity index (χ4v) is 2.44. The van der Waals surface area contributed by atoms with Crippen LogP contribution in [-0.4, -0.2) is 33.8 Å². The number of carbonyl (C=O) groups excluding carboxylic acids is 1. The monoisotopic (exact) mass is 378 g/mol. The highest BCUT2D eigenvalue weighted by Crippen LogP contribution is 2.26. The second-order valence-electron chi connectivity index (χ2n) is 5.71. The molecular weight excluding hydrogens is 360 g/mol. The maximum atomic E-state index is 12.3. The van der Waals surface area contributed by atoms with Gasteiger partial charge in [0.15, 0.2) is 11.5 Å². The first-order valence-electron chi connectivity index (χ1n) is 8.53. The number of hydrogen-bond acceptors (Lipinski definition) is 6. The average Bonchev–Trinajstić information content (AvgIpc) is 2.70. The normalized spacial score (nSPS) is 10.8. The quantitative estimate of drug-likeness (QED) is 0.449. The SMILES string of the molecule is CCOc1cc(/C=N/NC(=O)c2cc(-c3ccccc3)nc(=O)[nH]2)ccc1O. The number of amides is 1. The van der Waals surface area contributed by atoms with E-state index in [0.717, 1.165) is 5.56 Å². The summed E-state index contributed by atoms with van der Waals surface area (Å²) < 4.78 is 5.30. The van der Waals surface area contributed by atoms with Gasteiger partial charge in [0.2, 0.25) is 0 Å². The number of hydrazone groups is 1. The molecule has 8 nitrogen and oxygen atoms in total. The highest BCUT2D eigenvalue weighted by Gasteiger charge is 2.10. The smallest absolute Gasteiger partial charge is 0.346 e. The van der Waals surface area contributed by atoms with Crippen molar-refractivity contribution in [3.8, 4) is 22.8 Å². The molecule has 1 aromatic heterocycles. The van der Waals surface area contributed by atoms with Crippen molar-refractivity contribution < 1.29 is 14.6 Å². The lowest BCUT2D eigenvalue weighted by atomic mass is 10.1. The maximum Gasteiger partial charge on any atom is 0.346 e. The summed E-state index contributed by atoms with van der Waals surface area (Å²) in [5.41, 5.74) is 3.49. The van der Waals surface area contributed by atoms with E-state index in [1.807, 2.05) is 18.2 Å². The van der Waals surface area contributed by atoms with Gasteiger partial charge in [-0.15, -0.1) is 0 Å². The Hall–Kier alpha value is -3.94. The molecule has 1 heterocycles. The number of carbonyl (C=O) groups is 1. The van der Waals surface area contributed by atoms with Gasteiger partial charge in [0.05, 0.1) is 18.5 Å². The third kappa shape index (κ3) is 4.61. The van der Waals surface area contributed by atoms with Crippen molar-refractivity contribution in [2.75, 3.05) is 6.61 Å². The van der Waals surface area contributed by atoms with Crippen molar-refractivity contribution in [2.24, 2.45) is 5.10 Å². The standard InChI is InChI=1S/C20H18N4O4/c1-2-28-18-10-13(8-9-17(18)25)12-21-24-19(26)16-11-15(22-20(27)23-16)14-6-4-3-5-7-14/h3-12,25H,2H2,1H3,(H,24,26)(H,22,23,27)/b21-12+. The molecule has 0 saturated heterocycles. The number of rotatable bonds is 6. The van der Waals surface area contributed by atoms with Gasteiger partial charge in [0.1, 0.15) is 5.69 Å². The second kappa shape index (κ2) is 8.63. The Bertz CT molecular complexity index is 1060. The minimum absolute atomic E-state index is 0.0193. The van der Waals surface area contributed by atoms with Gasteiger partial charge in [-0.2, -0.15) is 10.1 Å². The minimum atomic E-state index is -0.629. The average molecular weight is 378 g/mol. The zero-order valence-corrected chi connectivity index (χ0v) is 15.0. The first kappa shape index (κ1) is 18.8. The van der Waals surface area contributed by atoms with Gasteiger partial charge in [-0.3, -0.25) is 4.79 Å². The maximum absolute atomic E-state index is 12.3. The van der Waals surface area contributed by atoms with Crippen LogP contribution in [0.4, 0.5) is 0 Å². The van der Waals surface area contributed by atoms with Crippen LogP contribution in [0.3, 0.4) is 0 Å². The molecule has 0 radical (unpaired) electrons. The Morgan fingerprint density at radius 1 is 1.25 bits per heavy atom. The molecule has 0 saturated carbocycles. The van der Waals surface area contributed by atoms with E-state index < -0.39 is 11.6 Å². The van der Waals surface area contributed by atoms with Crippen molar-refractivity contribution in [1.29, 1.82) is 0 Å². The van der Waals surface area contributed by atoms with Gasteiger partial charge in [-0.05, 0) is 36.8 Å². The number of aromatic nitrogens is 2. The van der Waals surface area contributed by atoms with Crippen LogP contribution in [0.1, 0.15) is 23.0 Å². The molecular formula is C20H18N4O4. The first-order chi connectivity index (χ1) is 13.6. The molecule has 0 unspecified atom stereocenters. The Morgan fingerprint density at radius 3 is 2.79 bits per heavy atom. The predicted molar refractivity (Wildman–Crippen MR) is 105 cm³/mol. The number of phenols is 1. The molecule has 2 aromatic carbocycles. The number of ether oxygens (including phenoxy) is 1. The van der Waals surface area contributed by atoms with Crippen molar-refractivity contribution >= 4 is 12.1 Å². The summed E-state index contributed by atoms with van der Waals surface area (Å²) in [5.74, 6) is -0.244. The van der Waals surface area contributed by atoms with Crippen LogP contribution < -0.4 is 15.9 Å². The van der Waals surface area contributed by atoms with Gasteiger partial charge in [-0.1, -0.05) is 30.3 Å². The summed E-state index contributed by atoms with van der Waals surface area (Å²) in [6.07, 6.45) is 1.40. The van der Waals surface area contributed by atoms with E-state index in [1.54, 1.807) is 31.2 Å². The zero-order valence-electron chi connectivity index (χ0n) is 15.0. The third-order valence-corrected chi connectivity index (χ3v) is 3.72. The van der Waals surface area contributed by atoms with Gasteiger partial charge in [0.25, 0.3) is 5.91 Å². The lowest BCUT2D eigenvalue weighted by Crippen LogP contribution is -2.24. The number of aromatic amines is 1. The zero-order chi connectivity index (χ0) is 19.9. The third-order valence-electron chi connectivity index (χ3n) is 3.72. The van der Waals surface area contributed by atoms with Crippen LogP contribution in [0.25, 0.3) is 11.3 Å². The molecule has 142 valence electrons. The van der Waals surface area contributed by atoms with Crippen molar-refractivity contribution in [3.63, 3.8) is 0 Å². The van der Waals surface area contributed by atoms with Crippen LogP contribution in [0, 0.1) is 0 Å². The van der Waals surface area contributed by atoms with E-state index in [0.29, 0.717) is 23.6 Å². The molecule has 0 atom stereocenters. The summed E-state index contributed by atoms with van der Waals surface area (Å²) >= 11 is 0. The Balaban J connectivity index is 1.75. The molecule has 0 bridgehead atoms. The molecule has 28 heavy (non-hydrogen) atoms. The molecule has 8 heteroatoms. The fourth-order valence-electron chi connectivity index (χ4n) is 2.44. The molecule has 0 spiro atoms. The van der Waals surface area contributed by atoms with Gasteiger partial charge in [-0.25, -0.2) is 10.2 Å². The molecule has 0 fully saturated rings. The van der Waals surface area contributed by atoms with Crippen molar-refractivity contribution in [2.45, 2.75) is 6.92 Å². The number of nitrogens with zero attached hydrogens (tertiary/aromatic N) is 2. The van der Waals surface area contributed by atoms with Crippen LogP contribution in [-0.2, 0) is 0 Å². The van der Waals surface area contributed by atoms with Crippen LogP contribution in [0.5, 0.6) is 11.5 Å². The summed E-state index contributed by atoms with van der Waals surface area (Å²) in [4.78, 5) is 30.4. The summed E-state index contributed by atoms with van der Waals surface area (Å²) in [7, 11) is 0. The van der Waals surface area contributed by atoms with Crippen LogP contribution >= 0.6 is 0 Å². The lowest BCUT2D eigenvalue weighted by Gasteiger charge is -2.06. The Kier molecular flexibility index (Phi) is 5.81. The van der Waals surface area contributed by atoms with E-state index in [4.69, 9.17) is 4.74 Å². The first-order valence-corrected chi connectivity index (χ1v) is 8.53. The largest absolute Gasteiger partial charge is 0.504 e.